The number of anilines is 1. The number of ether oxygens (including phenoxy) is 2. The molecule has 266 valence electrons. The smallest absolute Gasteiger partial charge is 0.310 e. The van der Waals surface area contributed by atoms with Crippen molar-refractivity contribution in [1.29, 1.82) is 0 Å². The summed E-state index contributed by atoms with van der Waals surface area (Å²) in [6.45, 7) is 2.85. The minimum absolute atomic E-state index is 0.0609. The molecule has 0 bridgehead atoms. The van der Waals surface area contributed by atoms with Gasteiger partial charge in [-0.15, -0.1) is 11.3 Å². The molecule has 13 nitrogen and oxygen atoms in total. The Kier molecular flexibility index (Phi) is 10.4. The highest BCUT2D eigenvalue weighted by Crippen LogP contribution is 2.58. The van der Waals surface area contributed by atoms with Crippen LogP contribution in [0, 0.1) is 11.3 Å². The summed E-state index contributed by atoms with van der Waals surface area (Å²) >= 11 is 1.26. The first-order valence-electron chi connectivity index (χ1n) is 17.2. The molecule has 5 atom stereocenters. The van der Waals surface area contributed by atoms with Crippen molar-refractivity contribution in [1.82, 2.24) is 20.2 Å². The van der Waals surface area contributed by atoms with Crippen molar-refractivity contribution in [3.05, 3.63) is 29.6 Å². The molecule has 50 heavy (non-hydrogen) atoms. The summed E-state index contributed by atoms with van der Waals surface area (Å²) in [6.07, 6.45) is 5.50. The first kappa shape index (κ1) is 35.2. The summed E-state index contributed by atoms with van der Waals surface area (Å²) in [7, 11) is 1.56. The Morgan fingerprint density at radius 1 is 1.00 bits per heavy atom. The number of amides is 3. The van der Waals surface area contributed by atoms with Crippen LogP contribution < -0.4 is 20.1 Å². The maximum absolute atomic E-state index is 14.2. The fourth-order valence-electron chi connectivity index (χ4n) is 7.46. The molecule has 1 aromatic carbocycles. The quantitative estimate of drug-likeness (QED) is 0.304. The first-order chi connectivity index (χ1) is 24.0. The van der Waals surface area contributed by atoms with E-state index in [1.54, 1.807) is 30.7 Å². The predicted octanol–water partition coefficient (Wildman–Crippen LogP) is 4.97. The van der Waals surface area contributed by atoms with Gasteiger partial charge in [-0.3, -0.25) is 24.0 Å². The molecule has 14 heteroatoms. The molecule has 2 aromatic heterocycles. The fourth-order valence-corrected chi connectivity index (χ4v) is 8.21. The van der Waals surface area contributed by atoms with E-state index in [0.29, 0.717) is 51.8 Å². The highest BCUT2D eigenvalue weighted by Gasteiger charge is 2.61. The molecule has 3 fully saturated rings. The van der Waals surface area contributed by atoms with Crippen molar-refractivity contribution >= 4 is 56.8 Å². The summed E-state index contributed by atoms with van der Waals surface area (Å²) in [4.78, 5) is 75.4. The van der Waals surface area contributed by atoms with Crippen LogP contribution in [0.3, 0.4) is 0 Å². The molecule has 3 aromatic rings. The number of thiazole rings is 1. The number of carbonyl (C=O) groups is 5. The van der Waals surface area contributed by atoms with Crippen molar-refractivity contribution in [2.45, 2.75) is 96.2 Å². The van der Waals surface area contributed by atoms with Crippen molar-refractivity contribution in [3.63, 3.8) is 0 Å². The van der Waals surface area contributed by atoms with E-state index >= 15 is 0 Å². The number of nitrogens with zero attached hydrogens (tertiary/aromatic N) is 3. The molecule has 3 aliphatic rings. The summed E-state index contributed by atoms with van der Waals surface area (Å²) in [6, 6.07) is 5.42. The average molecular weight is 706 g/mol. The number of methoxy groups -OCH3 is 1. The Labute approximate surface area is 294 Å². The summed E-state index contributed by atoms with van der Waals surface area (Å²) in [5, 5.41) is 18.6. The number of Topliss-reactive ketones (excluding diaryl/α,β-unsaturated/α-hetero) is 1. The first-order valence-corrected chi connectivity index (χ1v) is 18.1. The van der Waals surface area contributed by atoms with E-state index in [9.17, 15) is 29.1 Å². The Morgan fingerprint density at radius 3 is 2.48 bits per heavy atom. The summed E-state index contributed by atoms with van der Waals surface area (Å²) in [5.74, 6) is -1.23. The molecule has 1 saturated carbocycles. The van der Waals surface area contributed by atoms with Gasteiger partial charge >= 0.3 is 5.97 Å². The van der Waals surface area contributed by atoms with E-state index < -0.39 is 29.6 Å². The standard InChI is InChI=1S/C36H43N5O8S/c1-20(42)37-26-10-8-6-4-5-7-9-22-16-36(22,34(46)47)17-31(44)30-14-24(18-41(30)33(26)45)49-32-15-28(29-19-50-35(40-29)38-21(2)43)39-27-13-23(48-3)11-12-25(27)32/h11-13,15,19,22,24,26,30H,4-10,14,16-18H2,1-3H3,(H,37,42)(H,46,47)(H,38,40,43)/t22?,24-,26+,30-,36?/m1/s1. The zero-order chi connectivity index (χ0) is 35.6. The second-order valence-electron chi connectivity index (χ2n) is 13.7. The molecular formula is C36H43N5O8S. The van der Waals surface area contributed by atoms with Crippen LogP contribution in [0.5, 0.6) is 11.5 Å². The van der Waals surface area contributed by atoms with E-state index in [1.807, 2.05) is 6.07 Å². The van der Waals surface area contributed by atoms with Gasteiger partial charge in [0.15, 0.2) is 10.9 Å². The van der Waals surface area contributed by atoms with Crippen LogP contribution in [-0.2, 0) is 24.0 Å². The lowest BCUT2D eigenvalue weighted by molar-refractivity contribution is -0.147. The number of aromatic nitrogens is 2. The molecule has 2 unspecified atom stereocenters. The third-order valence-corrected chi connectivity index (χ3v) is 10.9. The van der Waals surface area contributed by atoms with Gasteiger partial charge in [0.25, 0.3) is 0 Å². The molecule has 2 saturated heterocycles. The van der Waals surface area contributed by atoms with E-state index in [2.05, 4.69) is 15.6 Å². The van der Waals surface area contributed by atoms with Crippen LogP contribution in [0.2, 0.25) is 0 Å². The van der Waals surface area contributed by atoms with Crippen molar-refractivity contribution < 1.29 is 38.6 Å². The minimum atomic E-state index is -1.11. The largest absolute Gasteiger partial charge is 0.497 e. The fraction of sp³-hybridized carbons (Fsp3) is 0.528. The molecule has 0 spiro atoms. The number of benzene rings is 1. The van der Waals surface area contributed by atoms with E-state index in [0.717, 1.165) is 38.5 Å². The van der Waals surface area contributed by atoms with Gasteiger partial charge in [-0.25, -0.2) is 9.97 Å². The number of pyridine rings is 1. The maximum Gasteiger partial charge on any atom is 0.310 e. The number of aliphatic carboxylic acids is 1. The Hall–Kier alpha value is -4.59. The maximum atomic E-state index is 14.2. The van der Waals surface area contributed by atoms with Gasteiger partial charge in [0, 0.05) is 49.6 Å². The summed E-state index contributed by atoms with van der Waals surface area (Å²) < 4.78 is 12.1. The van der Waals surface area contributed by atoms with Gasteiger partial charge < -0.3 is 30.1 Å². The third kappa shape index (κ3) is 7.59. The van der Waals surface area contributed by atoms with Crippen molar-refractivity contribution in [2.75, 3.05) is 19.0 Å². The highest BCUT2D eigenvalue weighted by atomic mass is 32.1. The zero-order valence-electron chi connectivity index (χ0n) is 28.5. The number of ketones is 1. The lowest BCUT2D eigenvalue weighted by Crippen LogP contribution is -2.51. The molecule has 3 N–H and O–H groups in total. The van der Waals surface area contributed by atoms with Crippen LogP contribution >= 0.6 is 11.3 Å². The molecule has 4 heterocycles. The number of carboxylic acid groups (broad SMARTS) is 1. The van der Waals surface area contributed by atoms with Crippen LogP contribution in [0.4, 0.5) is 5.13 Å². The van der Waals surface area contributed by atoms with Crippen molar-refractivity contribution in [3.8, 4) is 22.9 Å². The van der Waals surface area contributed by atoms with Crippen molar-refractivity contribution in [2.24, 2.45) is 11.3 Å². The molecule has 6 rings (SSSR count). The Morgan fingerprint density at radius 2 is 1.76 bits per heavy atom. The molecule has 0 radical (unpaired) electrons. The van der Waals surface area contributed by atoms with Gasteiger partial charge in [-0.1, -0.05) is 32.1 Å². The number of hydrogen-bond acceptors (Lipinski definition) is 10. The minimum Gasteiger partial charge on any atom is -0.497 e. The SMILES string of the molecule is COc1ccc2c(O[C@@H]3C[C@@H]4C(=O)CC5(C(=O)O)CC5CCCCCCC[C@H](NC(C)=O)C(=O)N4C3)cc(-c3csc(NC(C)=O)n3)nc2c1. The van der Waals surface area contributed by atoms with Crippen LogP contribution in [0.15, 0.2) is 29.6 Å². The van der Waals surface area contributed by atoms with Gasteiger partial charge in [0.2, 0.25) is 17.7 Å². The molecule has 2 aliphatic heterocycles. The average Bonchev–Trinajstić information content (AvgIpc) is 3.36. The molecule has 3 amide bonds. The zero-order valence-corrected chi connectivity index (χ0v) is 29.3. The monoisotopic (exact) mass is 705 g/mol. The lowest BCUT2D eigenvalue weighted by atomic mass is 9.90. The highest BCUT2D eigenvalue weighted by molar-refractivity contribution is 7.14. The number of carboxylic acids is 1. The number of rotatable bonds is 7. The van der Waals surface area contributed by atoms with E-state index in [4.69, 9.17) is 14.5 Å². The molecular weight excluding hydrogens is 662 g/mol. The lowest BCUT2D eigenvalue weighted by Gasteiger charge is -2.29. The second kappa shape index (κ2) is 14.7. The summed E-state index contributed by atoms with van der Waals surface area (Å²) in [5.41, 5.74) is 0.470. The third-order valence-electron chi connectivity index (χ3n) is 10.1. The Balaban J connectivity index is 1.33. The van der Waals surface area contributed by atoms with E-state index in [1.165, 1.54) is 30.1 Å². The molecule has 1 aliphatic carbocycles. The van der Waals surface area contributed by atoms with Gasteiger partial charge in [0.05, 0.1) is 36.3 Å². The van der Waals surface area contributed by atoms with Crippen LogP contribution in [-0.4, -0.2) is 81.3 Å². The van der Waals surface area contributed by atoms with Gasteiger partial charge in [0.1, 0.15) is 29.3 Å². The van der Waals surface area contributed by atoms with Gasteiger partial charge in [-0.05, 0) is 37.3 Å². The van der Waals surface area contributed by atoms with E-state index in [-0.39, 0.29) is 48.8 Å². The normalized spacial score (nSPS) is 25.9. The second-order valence-corrected chi connectivity index (χ2v) is 14.6. The number of carbonyl (C=O) groups excluding carboxylic acids is 4. The van der Waals surface area contributed by atoms with Gasteiger partial charge in [-0.2, -0.15) is 0 Å². The predicted molar refractivity (Wildman–Crippen MR) is 186 cm³/mol. The Bertz CT molecular complexity index is 1810. The van der Waals surface area contributed by atoms with Crippen LogP contribution in [0.1, 0.15) is 78.1 Å². The number of nitrogens with one attached hydrogen (secondary N) is 2. The van der Waals surface area contributed by atoms with Crippen LogP contribution in [0.25, 0.3) is 22.3 Å². The number of fused-ring (bicyclic) bond motifs is 3. The topological polar surface area (TPSA) is 177 Å². The number of hydrogen-bond donors (Lipinski definition) is 3.